The molecule has 4 heteroatoms. The van der Waals surface area contributed by atoms with Crippen molar-refractivity contribution in [3.63, 3.8) is 0 Å². The zero-order chi connectivity index (χ0) is 12.4. The summed E-state index contributed by atoms with van der Waals surface area (Å²) in [6.45, 7) is 4.04. The molecule has 0 saturated carbocycles. The Labute approximate surface area is 110 Å². The summed E-state index contributed by atoms with van der Waals surface area (Å²) in [4.78, 5) is 5.40. The van der Waals surface area contributed by atoms with Crippen LogP contribution in [-0.2, 0) is 0 Å². The average molecular weight is 265 g/mol. The summed E-state index contributed by atoms with van der Waals surface area (Å²) in [6.07, 6.45) is 0. The number of nitrogen functional groups attached to an aromatic ring is 1. The fraction of sp³-hybridized carbons (Fsp3) is 0.154. The van der Waals surface area contributed by atoms with Crippen molar-refractivity contribution in [1.82, 2.24) is 4.98 Å². The number of anilines is 1. The molecule has 1 heterocycles. The summed E-state index contributed by atoms with van der Waals surface area (Å²) in [5, 5.41) is 1.52. The van der Waals surface area contributed by atoms with Gasteiger partial charge in [0.25, 0.3) is 0 Å². The van der Waals surface area contributed by atoms with Crippen LogP contribution >= 0.6 is 23.4 Å². The molecule has 0 amide bonds. The summed E-state index contributed by atoms with van der Waals surface area (Å²) >= 11 is 7.52. The van der Waals surface area contributed by atoms with Gasteiger partial charge in [-0.05, 0) is 43.7 Å². The molecule has 88 valence electrons. The summed E-state index contributed by atoms with van der Waals surface area (Å²) < 4.78 is 0. The van der Waals surface area contributed by atoms with Crippen molar-refractivity contribution >= 4 is 29.1 Å². The molecule has 0 saturated heterocycles. The third-order valence-electron chi connectivity index (χ3n) is 2.30. The maximum absolute atomic E-state index is 5.98. The van der Waals surface area contributed by atoms with Gasteiger partial charge in [0.05, 0.1) is 10.7 Å². The SMILES string of the molecule is Cc1cc(C)nc(Sc2cccc(Cl)c2N)c1. The highest BCUT2D eigenvalue weighted by Crippen LogP contribution is 2.34. The van der Waals surface area contributed by atoms with Crippen LogP contribution in [0.4, 0.5) is 5.69 Å². The number of pyridine rings is 1. The van der Waals surface area contributed by atoms with Crippen LogP contribution in [0.5, 0.6) is 0 Å². The predicted octanol–water partition coefficient (Wildman–Crippen LogP) is 4.09. The van der Waals surface area contributed by atoms with Gasteiger partial charge < -0.3 is 5.73 Å². The third kappa shape index (κ3) is 2.93. The van der Waals surface area contributed by atoms with Gasteiger partial charge in [0.1, 0.15) is 5.03 Å². The first-order valence-corrected chi connectivity index (χ1v) is 6.43. The zero-order valence-corrected chi connectivity index (χ0v) is 11.3. The number of halogens is 1. The Hall–Kier alpha value is -1.19. The van der Waals surface area contributed by atoms with Crippen LogP contribution in [0.3, 0.4) is 0 Å². The lowest BCUT2D eigenvalue weighted by atomic mass is 10.3. The molecular weight excluding hydrogens is 252 g/mol. The summed E-state index contributed by atoms with van der Waals surface area (Å²) in [5.41, 5.74) is 8.74. The van der Waals surface area contributed by atoms with Crippen molar-refractivity contribution in [2.75, 3.05) is 5.73 Å². The Morgan fingerprint density at radius 1 is 1.24 bits per heavy atom. The molecule has 1 aromatic heterocycles. The lowest BCUT2D eigenvalue weighted by molar-refractivity contribution is 1.05. The zero-order valence-electron chi connectivity index (χ0n) is 9.70. The topological polar surface area (TPSA) is 38.9 Å². The number of nitrogens with zero attached hydrogens (tertiary/aromatic N) is 1. The molecule has 1 aromatic carbocycles. The quantitative estimate of drug-likeness (QED) is 0.831. The third-order valence-corrected chi connectivity index (χ3v) is 3.63. The smallest absolute Gasteiger partial charge is 0.101 e. The minimum absolute atomic E-state index is 0.583. The number of hydrogen-bond acceptors (Lipinski definition) is 3. The number of benzene rings is 1. The van der Waals surface area contributed by atoms with E-state index in [-0.39, 0.29) is 0 Å². The fourth-order valence-corrected chi connectivity index (χ4v) is 2.83. The highest BCUT2D eigenvalue weighted by atomic mass is 35.5. The maximum Gasteiger partial charge on any atom is 0.101 e. The lowest BCUT2D eigenvalue weighted by Crippen LogP contribution is -1.91. The van der Waals surface area contributed by atoms with Crippen LogP contribution in [0.25, 0.3) is 0 Å². The van der Waals surface area contributed by atoms with Crippen molar-refractivity contribution in [3.05, 3.63) is 46.6 Å². The second kappa shape index (κ2) is 4.98. The molecule has 0 bridgehead atoms. The van der Waals surface area contributed by atoms with E-state index >= 15 is 0 Å². The Morgan fingerprint density at radius 3 is 2.71 bits per heavy atom. The van der Waals surface area contributed by atoms with Gasteiger partial charge in [-0.15, -0.1) is 0 Å². The standard InChI is InChI=1S/C13H13ClN2S/c1-8-6-9(2)16-12(7-8)17-11-5-3-4-10(14)13(11)15/h3-7H,15H2,1-2H3. The van der Waals surface area contributed by atoms with E-state index in [0.29, 0.717) is 10.7 Å². The van der Waals surface area contributed by atoms with E-state index in [9.17, 15) is 0 Å². The molecule has 0 unspecified atom stereocenters. The van der Waals surface area contributed by atoms with E-state index in [0.717, 1.165) is 15.6 Å². The highest BCUT2D eigenvalue weighted by Gasteiger charge is 2.06. The normalized spacial score (nSPS) is 10.5. The molecule has 0 spiro atoms. The average Bonchev–Trinajstić information content (AvgIpc) is 2.23. The number of nitrogens with two attached hydrogens (primary N) is 1. The number of hydrogen-bond donors (Lipinski definition) is 1. The summed E-state index contributed by atoms with van der Waals surface area (Å²) in [7, 11) is 0. The Morgan fingerprint density at radius 2 is 2.00 bits per heavy atom. The molecule has 2 nitrogen and oxygen atoms in total. The van der Waals surface area contributed by atoms with Gasteiger partial charge >= 0.3 is 0 Å². The van der Waals surface area contributed by atoms with Crippen molar-refractivity contribution in [2.24, 2.45) is 0 Å². The van der Waals surface area contributed by atoms with Crippen LogP contribution in [0, 0.1) is 13.8 Å². The fourth-order valence-electron chi connectivity index (χ4n) is 1.58. The largest absolute Gasteiger partial charge is 0.397 e. The highest BCUT2D eigenvalue weighted by molar-refractivity contribution is 7.99. The second-order valence-electron chi connectivity index (χ2n) is 3.88. The molecule has 2 N–H and O–H groups in total. The Bertz CT molecular complexity index is 535. The van der Waals surface area contributed by atoms with Gasteiger partial charge in [0.15, 0.2) is 0 Å². The monoisotopic (exact) mass is 264 g/mol. The first-order valence-electron chi connectivity index (χ1n) is 5.23. The predicted molar refractivity (Wildman–Crippen MR) is 73.7 cm³/mol. The lowest BCUT2D eigenvalue weighted by Gasteiger charge is -2.07. The van der Waals surface area contributed by atoms with E-state index in [2.05, 4.69) is 11.9 Å². The number of para-hydroxylation sites is 1. The van der Waals surface area contributed by atoms with Crippen LogP contribution in [0.15, 0.2) is 40.3 Å². The van der Waals surface area contributed by atoms with Gasteiger partial charge in [0.2, 0.25) is 0 Å². The van der Waals surface area contributed by atoms with Gasteiger partial charge in [0, 0.05) is 10.6 Å². The molecule has 2 aromatic rings. The number of aryl methyl sites for hydroxylation is 2. The van der Waals surface area contributed by atoms with Crippen LogP contribution in [-0.4, -0.2) is 4.98 Å². The van der Waals surface area contributed by atoms with Crippen molar-refractivity contribution in [3.8, 4) is 0 Å². The maximum atomic E-state index is 5.98. The van der Waals surface area contributed by atoms with E-state index < -0.39 is 0 Å². The number of rotatable bonds is 2. The first-order chi connectivity index (χ1) is 8.06. The minimum atomic E-state index is 0.583. The minimum Gasteiger partial charge on any atom is -0.397 e. The summed E-state index contributed by atoms with van der Waals surface area (Å²) in [5.74, 6) is 0. The van der Waals surface area contributed by atoms with Crippen LogP contribution < -0.4 is 5.73 Å². The second-order valence-corrected chi connectivity index (χ2v) is 5.35. The van der Waals surface area contributed by atoms with E-state index in [1.165, 1.54) is 17.3 Å². The molecule has 17 heavy (non-hydrogen) atoms. The Balaban J connectivity index is 2.34. The molecule has 0 radical (unpaired) electrons. The molecule has 0 atom stereocenters. The number of aromatic nitrogens is 1. The Kier molecular flexibility index (Phi) is 3.60. The van der Waals surface area contributed by atoms with E-state index in [1.807, 2.05) is 31.2 Å². The van der Waals surface area contributed by atoms with E-state index in [1.54, 1.807) is 6.07 Å². The first kappa shape index (κ1) is 12.3. The molecule has 0 aliphatic carbocycles. The molecule has 0 fully saturated rings. The molecule has 2 rings (SSSR count). The van der Waals surface area contributed by atoms with Crippen molar-refractivity contribution in [1.29, 1.82) is 0 Å². The van der Waals surface area contributed by atoms with E-state index in [4.69, 9.17) is 17.3 Å². The van der Waals surface area contributed by atoms with Crippen LogP contribution in [0.2, 0.25) is 5.02 Å². The molecular formula is C13H13ClN2S. The van der Waals surface area contributed by atoms with Crippen molar-refractivity contribution < 1.29 is 0 Å². The van der Waals surface area contributed by atoms with Crippen LogP contribution in [0.1, 0.15) is 11.3 Å². The van der Waals surface area contributed by atoms with Crippen molar-refractivity contribution in [2.45, 2.75) is 23.8 Å². The summed E-state index contributed by atoms with van der Waals surface area (Å²) in [6, 6.07) is 9.72. The van der Waals surface area contributed by atoms with Gasteiger partial charge in [-0.1, -0.05) is 29.4 Å². The van der Waals surface area contributed by atoms with Gasteiger partial charge in [-0.25, -0.2) is 4.98 Å². The van der Waals surface area contributed by atoms with Gasteiger partial charge in [-0.3, -0.25) is 0 Å². The van der Waals surface area contributed by atoms with Gasteiger partial charge in [-0.2, -0.15) is 0 Å². The molecule has 0 aliphatic heterocycles. The molecule has 0 aliphatic rings.